The minimum atomic E-state index is -0.486. The molecule has 2 aromatic carbocycles. The number of amides is 1. The maximum Gasteiger partial charge on any atom is 0.248 e. The van der Waals surface area contributed by atoms with E-state index in [4.69, 9.17) is 22.7 Å². The number of carbonyl (C=O) groups excluding carboxylic acids is 1. The van der Waals surface area contributed by atoms with E-state index in [1.54, 1.807) is 6.92 Å². The molecule has 4 N–H and O–H groups in total. The second kappa shape index (κ2) is 7.36. The Labute approximate surface area is 151 Å². The fourth-order valence-electron chi connectivity index (χ4n) is 2.80. The van der Waals surface area contributed by atoms with Crippen molar-refractivity contribution in [3.63, 3.8) is 0 Å². The Bertz CT molecular complexity index is 834. The summed E-state index contributed by atoms with van der Waals surface area (Å²) in [7, 11) is 0. The van der Waals surface area contributed by atoms with Crippen LogP contribution in [0.15, 0.2) is 65.9 Å². The number of allylic oxidation sites excluding steroid dienone is 1. The molecule has 0 aromatic heterocycles. The third-order valence-electron chi connectivity index (χ3n) is 3.97. The SMILES string of the molecule is CC1=C(C(N)=O)C(c2cccc(OCc3ccccc3)c2)NC(=S)N1. The van der Waals surface area contributed by atoms with E-state index in [2.05, 4.69) is 10.6 Å². The van der Waals surface area contributed by atoms with E-state index in [1.165, 1.54) is 0 Å². The van der Waals surface area contributed by atoms with E-state index < -0.39 is 11.9 Å². The van der Waals surface area contributed by atoms with Gasteiger partial charge in [-0.2, -0.15) is 0 Å². The molecule has 1 heterocycles. The second-order valence-corrected chi connectivity index (χ2v) is 6.19. The summed E-state index contributed by atoms with van der Waals surface area (Å²) in [5.74, 6) is 0.231. The molecule has 0 spiro atoms. The minimum Gasteiger partial charge on any atom is -0.489 e. The van der Waals surface area contributed by atoms with Gasteiger partial charge in [0.05, 0.1) is 11.6 Å². The van der Waals surface area contributed by atoms with E-state index in [-0.39, 0.29) is 0 Å². The Balaban J connectivity index is 1.84. The Morgan fingerprint density at radius 3 is 2.68 bits per heavy atom. The molecule has 1 atom stereocenters. The molecular formula is C19H19N3O2S. The van der Waals surface area contributed by atoms with Gasteiger partial charge in [-0.25, -0.2) is 0 Å². The van der Waals surface area contributed by atoms with E-state index >= 15 is 0 Å². The van der Waals surface area contributed by atoms with Crippen molar-refractivity contribution < 1.29 is 9.53 Å². The first kappa shape index (κ1) is 17.0. The number of rotatable bonds is 5. The number of carbonyl (C=O) groups is 1. The van der Waals surface area contributed by atoms with Crippen LogP contribution in [0.1, 0.15) is 24.1 Å². The molecular weight excluding hydrogens is 334 g/mol. The quantitative estimate of drug-likeness (QED) is 0.720. The average molecular weight is 353 g/mol. The average Bonchev–Trinajstić information content (AvgIpc) is 2.60. The van der Waals surface area contributed by atoms with Crippen LogP contribution in [-0.2, 0) is 11.4 Å². The summed E-state index contributed by atoms with van der Waals surface area (Å²) in [6.07, 6.45) is 0. The fourth-order valence-corrected chi connectivity index (χ4v) is 3.07. The van der Waals surface area contributed by atoms with Gasteiger partial charge in [0.25, 0.3) is 0 Å². The number of ether oxygens (including phenoxy) is 1. The van der Waals surface area contributed by atoms with Crippen LogP contribution in [0, 0.1) is 0 Å². The molecule has 1 amide bonds. The molecule has 0 bridgehead atoms. The molecule has 1 aliphatic heterocycles. The van der Waals surface area contributed by atoms with Crippen LogP contribution in [0.5, 0.6) is 5.75 Å². The first-order chi connectivity index (χ1) is 12.0. The lowest BCUT2D eigenvalue weighted by atomic mass is 9.95. The van der Waals surface area contributed by atoms with Gasteiger partial charge in [0.15, 0.2) is 5.11 Å². The summed E-state index contributed by atoms with van der Waals surface area (Å²) < 4.78 is 5.86. The van der Waals surface area contributed by atoms with Crippen LogP contribution in [0.25, 0.3) is 0 Å². The summed E-state index contributed by atoms with van der Waals surface area (Å²) in [6, 6.07) is 17.1. The van der Waals surface area contributed by atoms with Crippen LogP contribution >= 0.6 is 12.2 Å². The van der Waals surface area contributed by atoms with Gasteiger partial charge >= 0.3 is 0 Å². The van der Waals surface area contributed by atoms with Gasteiger partial charge in [-0.1, -0.05) is 42.5 Å². The van der Waals surface area contributed by atoms with Crippen molar-refractivity contribution in [2.75, 3.05) is 0 Å². The van der Waals surface area contributed by atoms with Crippen molar-refractivity contribution in [3.8, 4) is 5.75 Å². The normalized spacial score (nSPS) is 16.8. The van der Waals surface area contributed by atoms with Crippen molar-refractivity contribution in [1.82, 2.24) is 10.6 Å². The molecule has 6 heteroatoms. The van der Waals surface area contributed by atoms with Gasteiger partial charge in [0, 0.05) is 5.70 Å². The molecule has 0 fully saturated rings. The number of nitrogens with one attached hydrogen (secondary N) is 2. The Morgan fingerprint density at radius 1 is 1.20 bits per heavy atom. The van der Waals surface area contributed by atoms with Gasteiger partial charge in [0.2, 0.25) is 5.91 Å². The van der Waals surface area contributed by atoms with Crippen LogP contribution in [0.3, 0.4) is 0 Å². The van der Waals surface area contributed by atoms with Crippen molar-refractivity contribution in [2.45, 2.75) is 19.6 Å². The fraction of sp³-hybridized carbons (Fsp3) is 0.158. The number of hydrogen-bond acceptors (Lipinski definition) is 3. The molecule has 1 aliphatic rings. The Morgan fingerprint density at radius 2 is 1.96 bits per heavy atom. The minimum absolute atomic E-state index is 0.397. The van der Waals surface area contributed by atoms with Crippen molar-refractivity contribution in [3.05, 3.63) is 77.0 Å². The molecule has 25 heavy (non-hydrogen) atoms. The lowest BCUT2D eigenvalue weighted by Gasteiger charge is -2.29. The number of hydrogen-bond donors (Lipinski definition) is 3. The van der Waals surface area contributed by atoms with Gasteiger partial charge < -0.3 is 21.1 Å². The van der Waals surface area contributed by atoms with E-state index in [1.807, 2.05) is 54.6 Å². The molecule has 3 rings (SSSR count). The maximum atomic E-state index is 11.9. The lowest BCUT2D eigenvalue weighted by molar-refractivity contribution is -0.115. The summed E-state index contributed by atoms with van der Waals surface area (Å²) in [5, 5.41) is 6.50. The van der Waals surface area contributed by atoms with Crippen molar-refractivity contribution in [1.29, 1.82) is 0 Å². The zero-order chi connectivity index (χ0) is 17.8. The first-order valence-corrected chi connectivity index (χ1v) is 8.30. The van der Waals surface area contributed by atoms with Gasteiger partial charge in [0.1, 0.15) is 12.4 Å². The largest absolute Gasteiger partial charge is 0.489 e. The Kier molecular flexibility index (Phi) is 5.00. The smallest absolute Gasteiger partial charge is 0.248 e. The van der Waals surface area contributed by atoms with Crippen LogP contribution in [0.4, 0.5) is 0 Å². The number of benzene rings is 2. The zero-order valence-electron chi connectivity index (χ0n) is 13.8. The third-order valence-corrected chi connectivity index (χ3v) is 4.19. The predicted molar refractivity (Wildman–Crippen MR) is 101 cm³/mol. The lowest BCUT2D eigenvalue weighted by Crippen LogP contribution is -2.46. The summed E-state index contributed by atoms with van der Waals surface area (Å²) >= 11 is 5.21. The van der Waals surface area contributed by atoms with Crippen LogP contribution in [0.2, 0.25) is 0 Å². The number of thiocarbonyl (C=S) groups is 1. The zero-order valence-corrected chi connectivity index (χ0v) is 14.6. The number of primary amides is 1. The highest BCUT2D eigenvalue weighted by Crippen LogP contribution is 2.28. The van der Waals surface area contributed by atoms with Crippen molar-refractivity contribution in [2.24, 2.45) is 5.73 Å². The highest BCUT2D eigenvalue weighted by molar-refractivity contribution is 7.80. The van der Waals surface area contributed by atoms with E-state index in [9.17, 15) is 4.79 Å². The van der Waals surface area contributed by atoms with Gasteiger partial charge in [-0.3, -0.25) is 4.79 Å². The molecule has 128 valence electrons. The molecule has 1 unspecified atom stereocenters. The monoisotopic (exact) mass is 353 g/mol. The maximum absolute atomic E-state index is 11.9. The second-order valence-electron chi connectivity index (χ2n) is 5.78. The topological polar surface area (TPSA) is 76.4 Å². The molecule has 2 aromatic rings. The highest BCUT2D eigenvalue weighted by Gasteiger charge is 2.28. The molecule has 0 radical (unpaired) electrons. The summed E-state index contributed by atoms with van der Waals surface area (Å²) in [6.45, 7) is 2.26. The Hall–Kier alpha value is -2.86. The van der Waals surface area contributed by atoms with E-state index in [0.29, 0.717) is 28.7 Å². The third kappa shape index (κ3) is 3.97. The summed E-state index contributed by atoms with van der Waals surface area (Å²) in [5.41, 5.74) is 8.63. The van der Waals surface area contributed by atoms with Crippen molar-refractivity contribution >= 4 is 23.2 Å². The first-order valence-electron chi connectivity index (χ1n) is 7.89. The molecule has 0 aliphatic carbocycles. The molecule has 0 saturated heterocycles. The van der Waals surface area contributed by atoms with Gasteiger partial charge in [-0.05, 0) is 42.4 Å². The van der Waals surface area contributed by atoms with Gasteiger partial charge in [-0.15, -0.1) is 0 Å². The standard InChI is InChI=1S/C19H19N3O2S/c1-12-16(18(20)23)17(22-19(25)21-12)14-8-5-9-15(10-14)24-11-13-6-3-2-4-7-13/h2-10,17H,11H2,1H3,(H2,20,23)(H2,21,22,25). The molecule has 5 nitrogen and oxygen atoms in total. The number of nitrogens with two attached hydrogens (primary N) is 1. The predicted octanol–water partition coefficient (Wildman–Crippen LogP) is 2.54. The van der Waals surface area contributed by atoms with Crippen LogP contribution < -0.4 is 21.1 Å². The molecule has 0 saturated carbocycles. The van der Waals surface area contributed by atoms with E-state index in [0.717, 1.165) is 11.1 Å². The van der Waals surface area contributed by atoms with Crippen LogP contribution in [-0.4, -0.2) is 11.0 Å². The summed E-state index contributed by atoms with van der Waals surface area (Å²) in [4.78, 5) is 11.9. The highest BCUT2D eigenvalue weighted by atomic mass is 32.1.